The number of furan rings is 1. The number of para-hydroxylation sites is 2. The first-order valence-electron chi connectivity index (χ1n) is 10.8. The number of anilines is 1. The maximum absolute atomic E-state index is 12.3. The van der Waals surface area contributed by atoms with Gasteiger partial charge in [-0.25, -0.2) is 4.98 Å². The van der Waals surface area contributed by atoms with Crippen LogP contribution in [0.1, 0.15) is 5.76 Å². The van der Waals surface area contributed by atoms with Crippen molar-refractivity contribution >= 4 is 69.3 Å². The predicted octanol–water partition coefficient (Wildman–Crippen LogP) is 7.59. The van der Waals surface area contributed by atoms with Gasteiger partial charge in [0, 0.05) is 22.9 Å². The third-order valence-electron chi connectivity index (χ3n) is 5.14. The minimum Gasteiger partial charge on any atom is -0.457 e. The highest BCUT2D eigenvalue weighted by atomic mass is 35.5. The molecule has 36 heavy (non-hydrogen) atoms. The van der Waals surface area contributed by atoms with Gasteiger partial charge in [-0.05, 0) is 72.9 Å². The third kappa shape index (κ3) is 5.33. The topological polar surface area (TPSA) is 80.3 Å². The molecule has 6 nitrogen and oxygen atoms in total. The number of amides is 1. The summed E-state index contributed by atoms with van der Waals surface area (Å²) in [6, 6.07) is 23.7. The Morgan fingerprint density at radius 1 is 0.944 bits per heavy atom. The molecule has 178 valence electrons. The van der Waals surface area contributed by atoms with Crippen LogP contribution in [0.4, 0.5) is 5.69 Å². The first-order chi connectivity index (χ1) is 17.5. The van der Waals surface area contributed by atoms with E-state index in [0.717, 1.165) is 11.1 Å². The van der Waals surface area contributed by atoms with Gasteiger partial charge in [0.1, 0.15) is 17.0 Å². The second-order valence-corrected chi connectivity index (χ2v) is 8.84. The van der Waals surface area contributed by atoms with Crippen molar-refractivity contribution in [2.24, 2.45) is 0 Å². The van der Waals surface area contributed by atoms with Gasteiger partial charge < -0.3 is 14.2 Å². The zero-order chi connectivity index (χ0) is 25.1. The number of halogens is 2. The first kappa shape index (κ1) is 23.8. The molecule has 0 spiro atoms. The number of benzene rings is 3. The van der Waals surface area contributed by atoms with E-state index in [-0.39, 0.29) is 5.11 Å². The van der Waals surface area contributed by atoms with Crippen LogP contribution in [0.25, 0.3) is 40.0 Å². The van der Waals surface area contributed by atoms with E-state index in [1.54, 1.807) is 30.3 Å². The largest absolute Gasteiger partial charge is 0.457 e. The summed E-state index contributed by atoms with van der Waals surface area (Å²) in [5.74, 6) is 1.09. The quantitative estimate of drug-likeness (QED) is 0.179. The second-order valence-electron chi connectivity index (χ2n) is 7.65. The molecule has 0 radical (unpaired) electrons. The SMILES string of the molecule is O=C(C=Cc1ccc(-c2cccc(Cl)c2Cl)o1)NC(=S)Nc1cccc(-c2nc3ccccc3o2)c1. The molecule has 0 aliphatic heterocycles. The highest BCUT2D eigenvalue weighted by molar-refractivity contribution is 7.80. The summed E-state index contributed by atoms with van der Waals surface area (Å²) in [5, 5.41) is 6.59. The van der Waals surface area contributed by atoms with Gasteiger partial charge in [-0.2, -0.15) is 0 Å². The molecule has 0 saturated carbocycles. The predicted molar refractivity (Wildman–Crippen MR) is 147 cm³/mol. The molecule has 0 aliphatic carbocycles. The van der Waals surface area contributed by atoms with E-state index < -0.39 is 5.91 Å². The number of carbonyl (C=O) groups excluding carboxylic acids is 1. The summed E-state index contributed by atoms with van der Waals surface area (Å²) in [4.78, 5) is 16.9. The van der Waals surface area contributed by atoms with E-state index in [1.807, 2.05) is 48.5 Å². The number of thiocarbonyl (C=S) groups is 1. The second kappa shape index (κ2) is 10.4. The fourth-order valence-corrected chi connectivity index (χ4v) is 4.09. The number of oxazole rings is 1. The molecule has 1 amide bonds. The Hall–Kier alpha value is -3.91. The molecular formula is C27H17Cl2N3O3S. The van der Waals surface area contributed by atoms with Gasteiger partial charge in [-0.3, -0.25) is 10.1 Å². The zero-order valence-electron chi connectivity index (χ0n) is 18.5. The number of fused-ring (bicyclic) bond motifs is 1. The average Bonchev–Trinajstić information content (AvgIpc) is 3.52. The normalized spacial score (nSPS) is 11.2. The highest BCUT2D eigenvalue weighted by Crippen LogP contribution is 2.34. The van der Waals surface area contributed by atoms with Crippen LogP contribution in [-0.4, -0.2) is 16.0 Å². The molecule has 5 rings (SSSR count). The smallest absolute Gasteiger partial charge is 0.250 e. The van der Waals surface area contributed by atoms with Crippen molar-refractivity contribution in [1.82, 2.24) is 10.3 Å². The Kier molecular flexibility index (Phi) is 6.86. The molecule has 0 saturated heterocycles. The van der Waals surface area contributed by atoms with Crippen LogP contribution in [0.15, 0.2) is 93.8 Å². The number of carbonyl (C=O) groups is 1. The van der Waals surface area contributed by atoms with Gasteiger partial charge in [-0.1, -0.05) is 47.5 Å². The maximum atomic E-state index is 12.3. The molecule has 0 fully saturated rings. The number of aromatic nitrogens is 1. The molecule has 0 atom stereocenters. The number of nitrogens with one attached hydrogen (secondary N) is 2. The van der Waals surface area contributed by atoms with E-state index in [1.165, 1.54) is 12.2 Å². The van der Waals surface area contributed by atoms with Crippen molar-refractivity contribution in [2.45, 2.75) is 0 Å². The van der Waals surface area contributed by atoms with Crippen molar-refractivity contribution in [2.75, 3.05) is 5.32 Å². The summed E-state index contributed by atoms with van der Waals surface area (Å²) < 4.78 is 11.6. The molecule has 5 aromatic rings. The monoisotopic (exact) mass is 533 g/mol. The van der Waals surface area contributed by atoms with Crippen LogP contribution in [0.2, 0.25) is 10.0 Å². The number of rotatable bonds is 5. The van der Waals surface area contributed by atoms with E-state index in [0.29, 0.717) is 44.3 Å². The van der Waals surface area contributed by atoms with Crippen LogP contribution < -0.4 is 10.6 Å². The number of nitrogens with zero attached hydrogens (tertiary/aromatic N) is 1. The van der Waals surface area contributed by atoms with Crippen molar-refractivity contribution in [3.63, 3.8) is 0 Å². The van der Waals surface area contributed by atoms with Crippen LogP contribution in [-0.2, 0) is 4.79 Å². The molecule has 2 aromatic heterocycles. The van der Waals surface area contributed by atoms with E-state index in [2.05, 4.69) is 15.6 Å². The van der Waals surface area contributed by atoms with Crippen LogP contribution >= 0.6 is 35.4 Å². The molecular weight excluding hydrogens is 517 g/mol. The van der Waals surface area contributed by atoms with Gasteiger partial charge in [0.25, 0.3) is 0 Å². The Labute approximate surface area is 221 Å². The lowest BCUT2D eigenvalue weighted by atomic mass is 10.2. The molecule has 9 heteroatoms. The van der Waals surface area contributed by atoms with Crippen molar-refractivity contribution in [3.05, 3.63) is 101 Å². The lowest BCUT2D eigenvalue weighted by Gasteiger charge is -2.08. The van der Waals surface area contributed by atoms with Crippen LogP contribution in [0, 0.1) is 0 Å². The summed E-state index contributed by atoms with van der Waals surface area (Å²) in [6.45, 7) is 0. The van der Waals surface area contributed by atoms with Gasteiger partial charge >= 0.3 is 0 Å². The Morgan fingerprint density at radius 2 is 1.78 bits per heavy atom. The molecule has 2 heterocycles. The van der Waals surface area contributed by atoms with Gasteiger partial charge in [0.2, 0.25) is 11.8 Å². The zero-order valence-corrected chi connectivity index (χ0v) is 20.8. The maximum Gasteiger partial charge on any atom is 0.250 e. The van der Waals surface area contributed by atoms with Crippen LogP contribution in [0.3, 0.4) is 0 Å². The average molecular weight is 534 g/mol. The molecule has 2 N–H and O–H groups in total. The van der Waals surface area contributed by atoms with Gasteiger partial charge in [0.05, 0.1) is 10.0 Å². The molecule has 0 unspecified atom stereocenters. The lowest BCUT2D eigenvalue weighted by molar-refractivity contribution is -0.115. The Morgan fingerprint density at radius 3 is 2.64 bits per heavy atom. The lowest BCUT2D eigenvalue weighted by Crippen LogP contribution is -2.32. The Balaban J connectivity index is 1.21. The highest BCUT2D eigenvalue weighted by Gasteiger charge is 2.11. The first-order valence-corrected chi connectivity index (χ1v) is 11.9. The van der Waals surface area contributed by atoms with E-state index >= 15 is 0 Å². The summed E-state index contributed by atoms with van der Waals surface area (Å²) in [6.07, 6.45) is 2.86. The van der Waals surface area contributed by atoms with Crippen molar-refractivity contribution < 1.29 is 13.6 Å². The summed E-state index contributed by atoms with van der Waals surface area (Å²) in [7, 11) is 0. The fraction of sp³-hybridized carbons (Fsp3) is 0. The Bertz CT molecular complexity index is 1590. The minimum atomic E-state index is -0.415. The number of hydrogen-bond donors (Lipinski definition) is 2. The van der Waals surface area contributed by atoms with E-state index in [9.17, 15) is 4.79 Å². The van der Waals surface area contributed by atoms with Crippen molar-refractivity contribution in [1.29, 1.82) is 0 Å². The molecule has 3 aromatic carbocycles. The third-order valence-corrected chi connectivity index (χ3v) is 6.16. The molecule has 0 aliphatic rings. The summed E-state index contributed by atoms with van der Waals surface area (Å²) in [5.41, 5.74) is 3.61. The fourth-order valence-electron chi connectivity index (χ4n) is 3.48. The summed E-state index contributed by atoms with van der Waals surface area (Å²) >= 11 is 17.6. The van der Waals surface area contributed by atoms with Gasteiger partial charge in [-0.15, -0.1) is 0 Å². The standard InChI is InChI=1S/C27H17Cl2N3O3S/c28-20-8-4-7-19(25(20)29)22-13-11-18(34-22)12-14-24(33)32-27(36)30-17-6-3-5-16(15-17)26-31-21-9-1-2-10-23(21)35-26/h1-15H,(H2,30,32,33,36). The van der Waals surface area contributed by atoms with Crippen molar-refractivity contribution in [3.8, 4) is 22.8 Å². The van der Waals surface area contributed by atoms with Crippen LogP contribution in [0.5, 0.6) is 0 Å². The number of hydrogen-bond acceptors (Lipinski definition) is 5. The minimum absolute atomic E-state index is 0.144. The van der Waals surface area contributed by atoms with E-state index in [4.69, 9.17) is 44.3 Å². The van der Waals surface area contributed by atoms with Gasteiger partial charge in [0.15, 0.2) is 10.7 Å². The molecule has 0 bridgehead atoms.